The first-order chi connectivity index (χ1) is 11.4. The molecule has 0 radical (unpaired) electrons. The molecule has 0 bridgehead atoms. The lowest BCUT2D eigenvalue weighted by Crippen LogP contribution is -1.96. The van der Waals surface area contributed by atoms with Crippen LogP contribution >= 0.6 is 34.9 Å². The van der Waals surface area contributed by atoms with Gasteiger partial charge in [-0.3, -0.25) is 0 Å². The molecule has 23 heavy (non-hydrogen) atoms. The zero-order chi connectivity index (χ0) is 15.5. The Morgan fingerprint density at radius 2 is 1.83 bits per heavy atom. The highest BCUT2D eigenvalue weighted by molar-refractivity contribution is 8.38. The number of thiazole rings is 1. The van der Waals surface area contributed by atoms with Crippen LogP contribution in [-0.2, 0) is 11.5 Å². The maximum absolute atomic E-state index is 4.74. The van der Waals surface area contributed by atoms with E-state index in [1.165, 1.54) is 11.1 Å². The van der Waals surface area contributed by atoms with Crippen molar-refractivity contribution in [3.63, 3.8) is 0 Å². The quantitative estimate of drug-likeness (QED) is 0.578. The average molecular weight is 355 g/mol. The van der Waals surface area contributed by atoms with E-state index in [-0.39, 0.29) is 0 Å². The number of benzene rings is 2. The van der Waals surface area contributed by atoms with Crippen molar-refractivity contribution in [2.24, 2.45) is 4.99 Å². The minimum absolute atomic E-state index is 0.872. The Bertz CT molecular complexity index is 840. The number of fused-ring (bicyclic) bond motifs is 1. The van der Waals surface area contributed by atoms with Crippen LogP contribution in [0, 0.1) is 0 Å². The van der Waals surface area contributed by atoms with E-state index in [1.807, 2.05) is 23.9 Å². The largest absolute Gasteiger partial charge is 0.240 e. The van der Waals surface area contributed by atoms with Crippen LogP contribution in [0.1, 0.15) is 11.3 Å². The average Bonchev–Trinajstić information content (AvgIpc) is 3.10. The second-order valence-electron chi connectivity index (χ2n) is 5.09. The van der Waals surface area contributed by atoms with Gasteiger partial charge in [0.1, 0.15) is 9.38 Å². The number of hydrogen-bond acceptors (Lipinski definition) is 5. The summed E-state index contributed by atoms with van der Waals surface area (Å²) in [5.41, 5.74) is 4.74. The molecular weight excluding hydrogens is 340 g/mol. The van der Waals surface area contributed by atoms with Gasteiger partial charge >= 0.3 is 0 Å². The van der Waals surface area contributed by atoms with E-state index in [4.69, 9.17) is 9.98 Å². The van der Waals surface area contributed by atoms with Gasteiger partial charge in [-0.15, -0.1) is 11.3 Å². The molecule has 0 amide bonds. The predicted octanol–water partition coefficient (Wildman–Crippen LogP) is 5.98. The maximum atomic E-state index is 4.74. The SMILES string of the molecule is c1ccc(-c2nc(CSC3=Nc4ccccc4CS3)cs2)cc1. The summed E-state index contributed by atoms with van der Waals surface area (Å²) in [5.74, 6) is 1.88. The van der Waals surface area contributed by atoms with Crippen molar-refractivity contribution in [1.82, 2.24) is 4.98 Å². The Morgan fingerprint density at radius 3 is 2.74 bits per heavy atom. The minimum Gasteiger partial charge on any atom is -0.240 e. The van der Waals surface area contributed by atoms with Gasteiger partial charge in [0.05, 0.1) is 11.4 Å². The van der Waals surface area contributed by atoms with Gasteiger partial charge in [0.15, 0.2) is 0 Å². The van der Waals surface area contributed by atoms with Gasteiger partial charge < -0.3 is 0 Å². The second kappa shape index (κ2) is 6.91. The topological polar surface area (TPSA) is 25.2 Å². The van der Waals surface area contributed by atoms with Crippen molar-refractivity contribution in [2.75, 3.05) is 0 Å². The number of hydrogen-bond donors (Lipinski definition) is 0. The third kappa shape index (κ3) is 3.52. The van der Waals surface area contributed by atoms with Crippen LogP contribution in [0.5, 0.6) is 0 Å². The molecule has 0 saturated carbocycles. The summed E-state index contributed by atoms with van der Waals surface area (Å²) in [5, 5.41) is 3.24. The number of aliphatic imine (C=N–C) groups is 1. The normalized spacial score (nSPS) is 13.5. The van der Waals surface area contributed by atoms with E-state index in [0.29, 0.717) is 0 Å². The Morgan fingerprint density at radius 1 is 1.00 bits per heavy atom. The summed E-state index contributed by atoms with van der Waals surface area (Å²) in [6, 6.07) is 18.7. The molecule has 2 heterocycles. The van der Waals surface area contributed by atoms with Gasteiger partial charge in [-0.25, -0.2) is 9.98 Å². The molecule has 0 atom stereocenters. The third-order valence-electron chi connectivity index (χ3n) is 3.47. The van der Waals surface area contributed by atoms with Crippen molar-refractivity contribution >= 4 is 44.9 Å². The standard InChI is InChI=1S/C18H14N2S3/c1-2-6-13(7-3-1)17-19-15(11-21-17)12-23-18-20-16-9-5-4-8-14(16)10-22-18/h1-9,11H,10,12H2. The van der Waals surface area contributed by atoms with Crippen molar-refractivity contribution in [1.29, 1.82) is 0 Å². The lowest BCUT2D eigenvalue weighted by Gasteiger charge is -2.13. The highest BCUT2D eigenvalue weighted by Crippen LogP contribution is 2.35. The van der Waals surface area contributed by atoms with Crippen LogP contribution in [0.2, 0.25) is 0 Å². The molecule has 0 unspecified atom stereocenters. The van der Waals surface area contributed by atoms with Crippen LogP contribution in [0.4, 0.5) is 5.69 Å². The van der Waals surface area contributed by atoms with Crippen LogP contribution in [0.3, 0.4) is 0 Å². The zero-order valence-electron chi connectivity index (χ0n) is 12.3. The highest BCUT2D eigenvalue weighted by atomic mass is 32.2. The molecule has 0 spiro atoms. The fourth-order valence-electron chi connectivity index (χ4n) is 2.31. The summed E-state index contributed by atoms with van der Waals surface area (Å²) in [4.78, 5) is 9.49. The molecule has 1 aliphatic heterocycles. The summed E-state index contributed by atoms with van der Waals surface area (Å²) in [7, 11) is 0. The van der Waals surface area contributed by atoms with E-state index in [0.717, 1.165) is 32.3 Å². The van der Waals surface area contributed by atoms with E-state index in [2.05, 4.69) is 47.8 Å². The molecule has 0 N–H and O–H groups in total. The van der Waals surface area contributed by atoms with Gasteiger partial charge in [-0.2, -0.15) is 0 Å². The smallest absolute Gasteiger partial charge is 0.131 e. The minimum atomic E-state index is 0.872. The Hall–Kier alpha value is -1.56. The van der Waals surface area contributed by atoms with E-state index < -0.39 is 0 Å². The Balaban J connectivity index is 1.44. The van der Waals surface area contributed by atoms with E-state index in [1.54, 1.807) is 23.1 Å². The zero-order valence-corrected chi connectivity index (χ0v) is 14.8. The number of aromatic nitrogens is 1. The molecule has 0 aliphatic carbocycles. The molecule has 114 valence electrons. The van der Waals surface area contributed by atoms with Crippen molar-refractivity contribution in [3.05, 3.63) is 71.2 Å². The molecule has 2 nitrogen and oxygen atoms in total. The van der Waals surface area contributed by atoms with Crippen LogP contribution in [0.15, 0.2) is 65.0 Å². The predicted molar refractivity (Wildman–Crippen MR) is 104 cm³/mol. The van der Waals surface area contributed by atoms with Crippen molar-refractivity contribution in [2.45, 2.75) is 11.5 Å². The van der Waals surface area contributed by atoms with Crippen molar-refractivity contribution in [3.8, 4) is 10.6 Å². The first-order valence-corrected chi connectivity index (χ1v) is 10.2. The molecule has 0 saturated heterocycles. The first-order valence-electron chi connectivity index (χ1n) is 7.30. The first kappa shape index (κ1) is 15.0. The molecule has 4 rings (SSSR count). The third-order valence-corrected chi connectivity index (χ3v) is 6.69. The summed E-state index contributed by atoms with van der Waals surface area (Å²) >= 11 is 5.30. The fourth-order valence-corrected chi connectivity index (χ4v) is 5.19. The number of nitrogens with zero attached hydrogens (tertiary/aromatic N) is 2. The highest BCUT2D eigenvalue weighted by Gasteiger charge is 2.13. The molecule has 1 aromatic heterocycles. The Labute approximate surface area is 148 Å². The molecule has 0 fully saturated rings. The molecule has 1 aliphatic rings. The number of thioether (sulfide) groups is 2. The lowest BCUT2D eigenvalue weighted by molar-refractivity contribution is 1.24. The molecule has 2 aromatic carbocycles. The Kier molecular flexibility index (Phi) is 4.50. The van der Waals surface area contributed by atoms with E-state index >= 15 is 0 Å². The number of rotatable bonds is 3. The number of para-hydroxylation sites is 1. The maximum Gasteiger partial charge on any atom is 0.131 e. The van der Waals surface area contributed by atoms with Crippen molar-refractivity contribution < 1.29 is 0 Å². The summed E-state index contributed by atoms with van der Waals surface area (Å²) in [6.45, 7) is 0. The second-order valence-corrected chi connectivity index (χ2v) is 8.14. The summed E-state index contributed by atoms with van der Waals surface area (Å²) < 4.78 is 1.14. The lowest BCUT2D eigenvalue weighted by atomic mass is 10.2. The van der Waals surface area contributed by atoms with Gasteiger partial charge in [-0.1, -0.05) is 72.1 Å². The molecule has 3 aromatic rings. The monoisotopic (exact) mass is 354 g/mol. The van der Waals surface area contributed by atoms with Crippen LogP contribution in [0.25, 0.3) is 10.6 Å². The fraction of sp³-hybridized carbons (Fsp3) is 0.111. The summed E-state index contributed by atoms with van der Waals surface area (Å²) in [6.07, 6.45) is 0. The van der Waals surface area contributed by atoms with Gasteiger partial charge in [-0.05, 0) is 11.6 Å². The molecular formula is C18H14N2S3. The molecule has 5 heteroatoms. The van der Waals surface area contributed by atoms with Gasteiger partial charge in [0.2, 0.25) is 0 Å². The van der Waals surface area contributed by atoms with Gasteiger partial charge in [0.25, 0.3) is 0 Å². The van der Waals surface area contributed by atoms with Crippen LogP contribution < -0.4 is 0 Å². The van der Waals surface area contributed by atoms with Crippen LogP contribution in [-0.4, -0.2) is 9.36 Å². The van der Waals surface area contributed by atoms with Gasteiger partial charge in [0, 0.05) is 22.4 Å². The van der Waals surface area contributed by atoms with E-state index in [9.17, 15) is 0 Å².